The number of nitrogens with one attached hydrogen (secondary N) is 2. The lowest BCUT2D eigenvalue weighted by Crippen LogP contribution is -2.27. The molecular formula is C23H20N4O2. The van der Waals surface area contributed by atoms with Gasteiger partial charge in [-0.2, -0.15) is 5.10 Å². The van der Waals surface area contributed by atoms with Gasteiger partial charge in [-0.25, -0.2) is 4.68 Å². The minimum absolute atomic E-state index is 0.198. The Hall–Kier alpha value is -3.93. The minimum Gasteiger partial charge on any atom is -0.356 e. The van der Waals surface area contributed by atoms with Crippen molar-refractivity contribution in [1.29, 1.82) is 0 Å². The molecule has 144 valence electrons. The van der Waals surface area contributed by atoms with Crippen molar-refractivity contribution in [3.05, 3.63) is 94.9 Å². The Morgan fingerprint density at radius 3 is 2.10 bits per heavy atom. The van der Waals surface area contributed by atoms with Crippen molar-refractivity contribution < 1.29 is 4.79 Å². The number of anilines is 3. The van der Waals surface area contributed by atoms with E-state index in [4.69, 9.17) is 0 Å². The molecule has 0 aliphatic rings. The highest BCUT2D eigenvalue weighted by atomic mass is 16.2. The first-order valence-electron chi connectivity index (χ1n) is 9.39. The number of carbonyl (C=O) groups is 1. The maximum Gasteiger partial charge on any atom is 0.276 e. The molecule has 0 unspecified atom stereocenters. The molecule has 1 amide bonds. The van der Waals surface area contributed by atoms with Crippen LogP contribution in [0.5, 0.6) is 0 Å². The number of fused-ring (bicyclic) bond motifs is 1. The van der Waals surface area contributed by atoms with Crippen LogP contribution in [0.4, 0.5) is 17.1 Å². The SMILES string of the molecule is CCn1nc(C(=O)Nc2ccc(Nc3ccccc3)cc2)c2ccccc2c1=O. The van der Waals surface area contributed by atoms with Gasteiger partial charge < -0.3 is 10.6 Å². The zero-order chi connectivity index (χ0) is 20.2. The van der Waals surface area contributed by atoms with E-state index < -0.39 is 0 Å². The number of carbonyl (C=O) groups excluding carboxylic acids is 1. The molecule has 1 aromatic heterocycles. The molecule has 0 spiro atoms. The summed E-state index contributed by atoms with van der Waals surface area (Å²) in [4.78, 5) is 25.3. The van der Waals surface area contributed by atoms with E-state index in [1.165, 1.54) is 4.68 Å². The predicted octanol–water partition coefficient (Wildman–Crippen LogP) is 4.41. The summed E-state index contributed by atoms with van der Waals surface area (Å²) in [6, 6.07) is 24.3. The summed E-state index contributed by atoms with van der Waals surface area (Å²) >= 11 is 0. The van der Waals surface area contributed by atoms with Crippen molar-refractivity contribution in [3.8, 4) is 0 Å². The van der Waals surface area contributed by atoms with Crippen LogP contribution in [0.1, 0.15) is 17.4 Å². The summed E-state index contributed by atoms with van der Waals surface area (Å²) in [5.74, 6) is -0.354. The van der Waals surface area contributed by atoms with Gasteiger partial charge in [-0.1, -0.05) is 36.4 Å². The van der Waals surface area contributed by atoms with Gasteiger partial charge in [0.2, 0.25) is 0 Å². The van der Waals surface area contributed by atoms with Gasteiger partial charge in [0, 0.05) is 29.0 Å². The second kappa shape index (κ2) is 7.98. The lowest BCUT2D eigenvalue weighted by molar-refractivity contribution is 0.102. The van der Waals surface area contributed by atoms with Crippen LogP contribution in [0.15, 0.2) is 83.7 Å². The summed E-state index contributed by atoms with van der Waals surface area (Å²) in [6.45, 7) is 2.22. The number of rotatable bonds is 5. The van der Waals surface area contributed by atoms with Crippen molar-refractivity contribution in [2.45, 2.75) is 13.5 Å². The standard InChI is InChI=1S/C23H20N4O2/c1-2-27-23(29)20-11-7-6-10-19(20)21(26-27)22(28)25-18-14-12-17(13-15-18)24-16-8-4-3-5-9-16/h3-15,24H,2H2,1H3,(H,25,28). The summed E-state index contributed by atoms with van der Waals surface area (Å²) < 4.78 is 1.31. The highest BCUT2D eigenvalue weighted by Gasteiger charge is 2.16. The van der Waals surface area contributed by atoms with E-state index >= 15 is 0 Å². The third kappa shape index (κ3) is 3.87. The average Bonchev–Trinajstić information content (AvgIpc) is 2.76. The van der Waals surface area contributed by atoms with Crippen LogP contribution in [0.3, 0.4) is 0 Å². The van der Waals surface area contributed by atoms with Gasteiger partial charge in [0.25, 0.3) is 11.5 Å². The summed E-state index contributed by atoms with van der Waals surface area (Å²) in [5, 5.41) is 11.5. The molecule has 0 bridgehead atoms. The largest absolute Gasteiger partial charge is 0.356 e. The van der Waals surface area contributed by atoms with E-state index in [1.807, 2.05) is 61.5 Å². The molecule has 4 aromatic rings. The van der Waals surface area contributed by atoms with Gasteiger partial charge in [-0.15, -0.1) is 0 Å². The van der Waals surface area contributed by atoms with Crippen molar-refractivity contribution in [1.82, 2.24) is 9.78 Å². The first-order chi connectivity index (χ1) is 14.2. The van der Waals surface area contributed by atoms with E-state index in [1.54, 1.807) is 24.3 Å². The number of amides is 1. The lowest BCUT2D eigenvalue weighted by Gasteiger charge is -2.11. The van der Waals surface area contributed by atoms with Crippen molar-refractivity contribution in [2.24, 2.45) is 0 Å². The number of benzene rings is 3. The number of hydrogen-bond donors (Lipinski definition) is 2. The fourth-order valence-corrected chi connectivity index (χ4v) is 3.13. The van der Waals surface area contributed by atoms with E-state index in [-0.39, 0.29) is 17.2 Å². The van der Waals surface area contributed by atoms with Crippen LogP contribution in [-0.2, 0) is 6.54 Å². The van der Waals surface area contributed by atoms with E-state index in [2.05, 4.69) is 15.7 Å². The maximum atomic E-state index is 12.9. The molecule has 0 saturated carbocycles. The van der Waals surface area contributed by atoms with Crippen molar-refractivity contribution >= 4 is 33.7 Å². The summed E-state index contributed by atoms with van der Waals surface area (Å²) in [5.41, 5.74) is 2.58. The van der Waals surface area contributed by atoms with Crippen LogP contribution < -0.4 is 16.2 Å². The second-order valence-corrected chi connectivity index (χ2v) is 6.54. The van der Waals surface area contributed by atoms with Crippen molar-refractivity contribution in [2.75, 3.05) is 10.6 Å². The topological polar surface area (TPSA) is 76.0 Å². The molecule has 1 heterocycles. The van der Waals surface area contributed by atoms with Gasteiger partial charge in [0.1, 0.15) is 0 Å². The predicted molar refractivity (Wildman–Crippen MR) is 116 cm³/mol. The second-order valence-electron chi connectivity index (χ2n) is 6.54. The van der Waals surface area contributed by atoms with Crippen LogP contribution in [-0.4, -0.2) is 15.7 Å². The molecule has 0 aliphatic carbocycles. The number of aryl methyl sites for hydroxylation is 1. The molecule has 29 heavy (non-hydrogen) atoms. The molecule has 6 nitrogen and oxygen atoms in total. The average molecular weight is 384 g/mol. The molecular weight excluding hydrogens is 364 g/mol. The Morgan fingerprint density at radius 2 is 1.41 bits per heavy atom. The first-order valence-corrected chi connectivity index (χ1v) is 9.39. The molecule has 3 aromatic carbocycles. The third-order valence-corrected chi connectivity index (χ3v) is 4.59. The molecule has 0 saturated heterocycles. The van der Waals surface area contributed by atoms with Gasteiger partial charge >= 0.3 is 0 Å². The maximum absolute atomic E-state index is 12.9. The molecule has 0 atom stereocenters. The molecule has 0 radical (unpaired) electrons. The Kier molecular flexibility index (Phi) is 5.07. The smallest absolute Gasteiger partial charge is 0.276 e. The van der Waals surface area contributed by atoms with Gasteiger partial charge in [0.05, 0.1) is 5.39 Å². The number of hydrogen-bond acceptors (Lipinski definition) is 4. The zero-order valence-corrected chi connectivity index (χ0v) is 15.9. The van der Waals surface area contributed by atoms with Crippen LogP contribution in [0, 0.1) is 0 Å². The van der Waals surface area contributed by atoms with Gasteiger partial charge in [-0.3, -0.25) is 9.59 Å². The normalized spacial score (nSPS) is 10.7. The number of para-hydroxylation sites is 1. The fraction of sp³-hybridized carbons (Fsp3) is 0.0870. The summed E-state index contributed by atoms with van der Waals surface area (Å²) in [7, 11) is 0. The van der Waals surface area contributed by atoms with Crippen molar-refractivity contribution in [3.63, 3.8) is 0 Å². The lowest BCUT2D eigenvalue weighted by atomic mass is 10.1. The Labute approximate surface area is 167 Å². The molecule has 2 N–H and O–H groups in total. The van der Waals surface area contributed by atoms with E-state index in [0.29, 0.717) is 23.0 Å². The van der Waals surface area contributed by atoms with Crippen LogP contribution in [0.25, 0.3) is 10.8 Å². The monoisotopic (exact) mass is 384 g/mol. The quantitative estimate of drug-likeness (QED) is 0.534. The molecule has 0 aliphatic heterocycles. The molecule has 6 heteroatoms. The first kappa shape index (κ1) is 18.4. The van der Waals surface area contributed by atoms with E-state index in [9.17, 15) is 9.59 Å². The van der Waals surface area contributed by atoms with Gasteiger partial charge in [0.15, 0.2) is 5.69 Å². The fourth-order valence-electron chi connectivity index (χ4n) is 3.13. The minimum atomic E-state index is -0.354. The number of aromatic nitrogens is 2. The Balaban J connectivity index is 1.58. The Bertz CT molecular complexity index is 1220. The zero-order valence-electron chi connectivity index (χ0n) is 15.9. The van der Waals surface area contributed by atoms with E-state index in [0.717, 1.165) is 11.4 Å². The number of nitrogens with zero attached hydrogens (tertiary/aromatic N) is 2. The summed E-state index contributed by atoms with van der Waals surface area (Å²) in [6.07, 6.45) is 0. The molecule has 0 fully saturated rings. The van der Waals surface area contributed by atoms with Gasteiger partial charge in [-0.05, 0) is 49.4 Å². The molecule has 4 rings (SSSR count). The van der Waals surface area contributed by atoms with Crippen LogP contribution in [0.2, 0.25) is 0 Å². The highest BCUT2D eigenvalue weighted by molar-refractivity contribution is 6.11. The van der Waals surface area contributed by atoms with Crippen LogP contribution >= 0.6 is 0 Å². The highest BCUT2D eigenvalue weighted by Crippen LogP contribution is 2.20. The third-order valence-electron chi connectivity index (χ3n) is 4.59. The Morgan fingerprint density at radius 1 is 0.828 bits per heavy atom.